The van der Waals surface area contributed by atoms with E-state index in [0.29, 0.717) is 0 Å². The Morgan fingerprint density at radius 1 is 1.00 bits per heavy atom. The number of rotatable bonds is 0. The molecule has 8 heavy (non-hydrogen) atoms. The van der Waals surface area contributed by atoms with Gasteiger partial charge in [-0.3, -0.25) is 0 Å². The van der Waals surface area contributed by atoms with E-state index in [1.165, 1.54) is 32.4 Å². The Morgan fingerprint density at radius 3 is 2.12 bits per heavy atom. The molecule has 0 spiro atoms. The second kappa shape index (κ2) is 1.73. The zero-order valence-corrected chi connectivity index (χ0v) is 5.19. The maximum atomic E-state index is 3.45. The van der Waals surface area contributed by atoms with E-state index in [1.807, 2.05) is 0 Å². The number of fused-ring (bicyclic) bond motifs is 2. The van der Waals surface area contributed by atoms with Gasteiger partial charge in [0.1, 0.15) is 0 Å². The highest BCUT2D eigenvalue weighted by molar-refractivity contribution is 4.82. The van der Waals surface area contributed by atoms with Crippen LogP contribution in [-0.4, -0.2) is 13.1 Å². The molecule has 2 aliphatic rings. The molecule has 1 unspecified atom stereocenters. The Kier molecular flexibility index (Phi) is 1.04. The smallest absolute Gasteiger partial charge is 0.00203 e. The van der Waals surface area contributed by atoms with Crippen LogP contribution in [0.4, 0.5) is 0 Å². The fraction of sp³-hybridized carbons (Fsp3) is 1.00. The van der Waals surface area contributed by atoms with Gasteiger partial charge < -0.3 is 5.32 Å². The van der Waals surface area contributed by atoms with E-state index in [0.717, 1.165) is 11.8 Å². The molecule has 1 aliphatic heterocycles. The summed E-state index contributed by atoms with van der Waals surface area (Å²) in [5.41, 5.74) is 0. The first-order chi connectivity index (χ1) is 3.95. The van der Waals surface area contributed by atoms with Gasteiger partial charge in [-0.25, -0.2) is 0 Å². The lowest BCUT2D eigenvalue weighted by atomic mass is 10.0. The summed E-state index contributed by atoms with van der Waals surface area (Å²) in [4.78, 5) is 0. The number of hydrogen-bond acceptors (Lipinski definition) is 1. The zero-order valence-electron chi connectivity index (χ0n) is 5.19. The van der Waals surface area contributed by atoms with Gasteiger partial charge in [-0.05, 0) is 44.2 Å². The molecule has 0 radical (unpaired) electrons. The predicted molar refractivity (Wildman–Crippen MR) is 33.7 cm³/mol. The summed E-state index contributed by atoms with van der Waals surface area (Å²) < 4.78 is 0. The zero-order chi connectivity index (χ0) is 5.40. The Balaban J connectivity index is 2.03. The molecule has 1 N–H and O–H groups in total. The summed E-state index contributed by atoms with van der Waals surface area (Å²) in [5.74, 6) is 2.10. The van der Waals surface area contributed by atoms with Crippen molar-refractivity contribution in [2.24, 2.45) is 11.8 Å². The van der Waals surface area contributed by atoms with Crippen LogP contribution >= 0.6 is 0 Å². The molecule has 0 aromatic carbocycles. The van der Waals surface area contributed by atoms with Gasteiger partial charge in [0, 0.05) is 0 Å². The number of piperidine rings is 1. The van der Waals surface area contributed by atoms with Gasteiger partial charge in [0.2, 0.25) is 0 Å². The van der Waals surface area contributed by atoms with Crippen LogP contribution in [0.2, 0.25) is 0 Å². The molecular formula is C7H13N. The molecule has 2 rings (SSSR count). The van der Waals surface area contributed by atoms with E-state index in [-0.39, 0.29) is 0 Å². The third-order valence-corrected chi connectivity index (χ3v) is 2.52. The maximum absolute atomic E-state index is 3.45. The quantitative estimate of drug-likeness (QED) is 0.492. The molecule has 46 valence electrons. The number of hydrogen-bond donors (Lipinski definition) is 1. The van der Waals surface area contributed by atoms with Crippen molar-refractivity contribution >= 4 is 0 Å². The highest BCUT2D eigenvalue weighted by Crippen LogP contribution is 2.32. The van der Waals surface area contributed by atoms with Crippen LogP contribution in [-0.2, 0) is 0 Å². The van der Waals surface area contributed by atoms with Crippen molar-refractivity contribution in [1.82, 2.24) is 5.32 Å². The van der Waals surface area contributed by atoms with E-state index in [9.17, 15) is 0 Å². The first-order valence-electron chi connectivity index (χ1n) is 3.66. The van der Waals surface area contributed by atoms with Crippen molar-refractivity contribution in [2.75, 3.05) is 13.1 Å². The van der Waals surface area contributed by atoms with Crippen molar-refractivity contribution in [3.05, 3.63) is 0 Å². The molecule has 1 saturated carbocycles. The second-order valence-corrected chi connectivity index (χ2v) is 3.20. The molecule has 0 amide bonds. The third kappa shape index (κ3) is 0.655. The van der Waals surface area contributed by atoms with Crippen LogP contribution < -0.4 is 5.32 Å². The van der Waals surface area contributed by atoms with Crippen molar-refractivity contribution in [2.45, 2.75) is 19.3 Å². The molecule has 1 saturated heterocycles. The standard InChI is InChI=1S/C7H13N/c1-2-7-3-6(1)4-8-5-7/h6-8H,1-5H2/t6-,7?/m0/s1. The fourth-order valence-corrected chi connectivity index (χ4v) is 2.04. The summed E-state index contributed by atoms with van der Waals surface area (Å²) >= 11 is 0. The van der Waals surface area contributed by atoms with E-state index in [4.69, 9.17) is 0 Å². The minimum Gasteiger partial charge on any atom is -0.316 e. The molecule has 0 aromatic heterocycles. The lowest BCUT2D eigenvalue weighted by Gasteiger charge is -2.18. The topological polar surface area (TPSA) is 12.0 Å². The van der Waals surface area contributed by atoms with Gasteiger partial charge in [-0.1, -0.05) is 0 Å². The maximum Gasteiger partial charge on any atom is -0.00203 e. The summed E-state index contributed by atoms with van der Waals surface area (Å²) in [6.07, 6.45) is 4.52. The van der Waals surface area contributed by atoms with E-state index >= 15 is 0 Å². The van der Waals surface area contributed by atoms with Crippen LogP contribution in [0.1, 0.15) is 19.3 Å². The van der Waals surface area contributed by atoms with Gasteiger partial charge in [-0.15, -0.1) is 0 Å². The predicted octanol–water partition coefficient (Wildman–Crippen LogP) is 1.01. The molecule has 1 nitrogen and oxygen atoms in total. The van der Waals surface area contributed by atoms with Crippen LogP contribution in [0.25, 0.3) is 0 Å². The van der Waals surface area contributed by atoms with E-state index in [1.54, 1.807) is 0 Å². The van der Waals surface area contributed by atoms with Crippen molar-refractivity contribution in [3.8, 4) is 0 Å². The molecule has 1 aliphatic carbocycles. The van der Waals surface area contributed by atoms with Crippen molar-refractivity contribution < 1.29 is 0 Å². The normalized spacial score (nSPS) is 45.0. The SMILES string of the molecule is C1C[C@@H]2CNCC1C2. The van der Waals surface area contributed by atoms with Gasteiger partial charge in [0.25, 0.3) is 0 Å². The van der Waals surface area contributed by atoms with Gasteiger partial charge in [0.05, 0.1) is 0 Å². The Hall–Kier alpha value is -0.0400. The summed E-state index contributed by atoms with van der Waals surface area (Å²) in [6.45, 7) is 2.60. The lowest BCUT2D eigenvalue weighted by molar-refractivity contribution is 0.379. The summed E-state index contributed by atoms with van der Waals surface area (Å²) in [7, 11) is 0. The molecule has 2 atom stereocenters. The third-order valence-electron chi connectivity index (χ3n) is 2.52. The Bertz CT molecular complexity index is 76.4. The highest BCUT2D eigenvalue weighted by Gasteiger charge is 2.27. The van der Waals surface area contributed by atoms with Crippen molar-refractivity contribution in [1.29, 1.82) is 0 Å². The molecular weight excluding hydrogens is 98.1 g/mol. The molecule has 1 heteroatoms. The second-order valence-electron chi connectivity index (χ2n) is 3.20. The molecule has 1 heterocycles. The minimum absolute atomic E-state index is 1.05. The van der Waals surface area contributed by atoms with E-state index in [2.05, 4.69) is 5.32 Å². The van der Waals surface area contributed by atoms with Crippen molar-refractivity contribution in [3.63, 3.8) is 0 Å². The van der Waals surface area contributed by atoms with Crippen LogP contribution in [0, 0.1) is 11.8 Å². The minimum atomic E-state index is 1.05. The van der Waals surface area contributed by atoms with Crippen LogP contribution in [0.5, 0.6) is 0 Å². The van der Waals surface area contributed by atoms with E-state index < -0.39 is 0 Å². The average Bonchev–Trinajstić information content (AvgIpc) is 2.12. The molecule has 0 aromatic rings. The first kappa shape index (κ1) is 4.80. The Labute approximate surface area is 50.5 Å². The Morgan fingerprint density at radius 2 is 1.62 bits per heavy atom. The van der Waals surface area contributed by atoms with Gasteiger partial charge in [-0.2, -0.15) is 0 Å². The fourth-order valence-electron chi connectivity index (χ4n) is 2.04. The van der Waals surface area contributed by atoms with Crippen LogP contribution in [0.3, 0.4) is 0 Å². The first-order valence-corrected chi connectivity index (χ1v) is 3.66. The van der Waals surface area contributed by atoms with Gasteiger partial charge >= 0.3 is 0 Å². The van der Waals surface area contributed by atoms with Crippen LogP contribution in [0.15, 0.2) is 0 Å². The molecule has 2 bridgehead atoms. The molecule has 2 fully saturated rings. The average molecular weight is 111 g/mol. The highest BCUT2D eigenvalue weighted by atomic mass is 14.9. The largest absolute Gasteiger partial charge is 0.316 e. The summed E-state index contributed by atoms with van der Waals surface area (Å²) in [6, 6.07) is 0. The number of nitrogens with one attached hydrogen (secondary N) is 1. The monoisotopic (exact) mass is 111 g/mol. The lowest BCUT2D eigenvalue weighted by Crippen LogP contribution is -2.30. The van der Waals surface area contributed by atoms with Gasteiger partial charge in [0.15, 0.2) is 0 Å². The summed E-state index contributed by atoms with van der Waals surface area (Å²) in [5, 5.41) is 3.45.